The Balaban J connectivity index is 1.44. The lowest BCUT2D eigenvalue weighted by Crippen LogP contribution is -1.85. The summed E-state index contributed by atoms with van der Waals surface area (Å²) in [5.74, 6) is 0. The highest BCUT2D eigenvalue weighted by Gasteiger charge is 2.03. The van der Waals surface area contributed by atoms with E-state index >= 15 is 0 Å². The Bertz CT molecular complexity index is 1340. The van der Waals surface area contributed by atoms with E-state index in [1.54, 1.807) is 0 Å². The van der Waals surface area contributed by atoms with Gasteiger partial charge in [0.15, 0.2) is 0 Å². The van der Waals surface area contributed by atoms with E-state index in [0.717, 1.165) is 0 Å². The molecule has 0 spiro atoms. The van der Waals surface area contributed by atoms with Gasteiger partial charge in [-0.05, 0) is 68.8 Å². The molecular formula is C32H26. The maximum Gasteiger partial charge on any atom is -0.0111 e. The van der Waals surface area contributed by atoms with Crippen molar-refractivity contribution in [2.45, 2.75) is 13.8 Å². The smallest absolute Gasteiger partial charge is 0.0111 e. The molecule has 0 amide bonds. The van der Waals surface area contributed by atoms with Crippen LogP contribution in [0.3, 0.4) is 0 Å². The van der Waals surface area contributed by atoms with Crippen molar-refractivity contribution in [3.05, 3.63) is 131 Å². The summed E-state index contributed by atoms with van der Waals surface area (Å²) in [6, 6.07) is 39.0. The molecule has 5 aromatic rings. The first-order valence-corrected chi connectivity index (χ1v) is 11.1. The van der Waals surface area contributed by atoms with Gasteiger partial charge >= 0.3 is 0 Å². The van der Waals surface area contributed by atoms with Gasteiger partial charge in [-0.2, -0.15) is 0 Å². The van der Waals surface area contributed by atoms with E-state index in [1.165, 1.54) is 54.9 Å². The van der Waals surface area contributed by atoms with Crippen molar-refractivity contribution in [3.63, 3.8) is 0 Å². The summed E-state index contributed by atoms with van der Waals surface area (Å²) in [5.41, 5.74) is 7.56. The molecule has 0 radical (unpaired) electrons. The maximum absolute atomic E-state index is 2.29. The quantitative estimate of drug-likeness (QED) is 0.259. The normalized spacial score (nSPS) is 12.4. The SMILES string of the molecule is C/C(=C\c1cccc2ccccc12)c1ccc(/C(C)=C/c2cccc3ccccc23)cc1. The Hall–Kier alpha value is -3.90. The Morgan fingerprint density at radius 3 is 1.25 bits per heavy atom. The van der Waals surface area contributed by atoms with Crippen LogP contribution in [0.25, 0.3) is 44.8 Å². The monoisotopic (exact) mass is 410 g/mol. The average Bonchev–Trinajstić information content (AvgIpc) is 2.84. The van der Waals surface area contributed by atoms with Crippen molar-refractivity contribution < 1.29 is 0 Å². The van der Waals surface area contributed by atoms with Gasteiger partial charge in [-0.25, -0.2) is 0 Å². The van der Waals surface area contributed by atoms with Gasteiger partial charge in [0.1, 0.15) is 0 Å². The molecule has 0 aliphatic rings. The van der Waals surface area contributed by atoms with Gasteiger partial charge in [-0.1, -0.05) is 121 Å². The Morgan fingerprint density at radius 1 is 0.438 bits per heavy atom. The fourth-order valence-corrected chi connectivity index (χ4v) is 4.38. The largest absolute Gasteiger partial charge is 0.0616 e. The summed E-state index contributed by atoms with van der Waals surface area (Å²) in [6.07, 6.45) is 4.58. The zero-order valence-corrected chi connectivity index (χ0v) is 18.5. The van der Waals surface area contributed by atoms with Crippen LogP contribution in [0.5, 0.6) is 0 Å². The Kier molecular flexibility index (Phi) is 5.44. The summed E-state index contributed by atoms with van der Waals surface area (Å²) >= 11 is 0. The summed E-state index contributed by atoms with van der Waals surface area (Å²) in [4.78, 5) is 0. The zero-order chi connectivity index (χ0) is 21.9. The van der Waals surface area contributed by atoms with Crippen LogP contribution < -0.4 is 0 Å². The van der Waals surface area contributed by atoms with Gasteiger partial charge in [0, 0.05) is 0 Å². The van der Waals surface area contributed by atoms with E-state index < -0.39 is 0 Å². The molecule has 32 heavy (non-hydrogen) atoms. The fraction of sp³-hybridized carbons (Fsp3) is 0.0625. The summed E-state index contributed by atoms with van der Waals surface area (Å²) in [7, 11) is 0. The molecule has 0 heteroatoms. The number of fused-ring (bicyclic) bond motifs is 2. The molecule has 0 fully saturated rings. The molecule has 0 aliphatic carbocycles. The van der Waals surface area contributed by atoms with Gasteiger partial charge < -0.3 is 0 Å². The average molecular weight is 411 g/mol. The number of hydrogen-bond acceptors (Lipinski definition) is 0. The van der Waals surface area contributed by atoms with E-state index in [-0.39, 0.29) is 0 Å². The highest BCUT2D eigenvalue weighted by atomic mass is 14.1. The second kappa shape index (κ2) is 8.69. The predicted octanol–water partition coefficient (Wildman–Crippen LogP) is 9.11. The molecule has 0 atom stereocenters. The predicted molar refractivity (Wildman–Crippen MR) is 141 cm³/mol. The summed E-state index contributed by atoms with van der Waals surface area (Å²) in [6.45, 7) is 4.38. The van der Waals surface area contributed by atoms with Gasteiger partial charge in [0.25, 0.3) is 0 Å². The second-order valence-electron chi connectivity index (χ2n) is 8.37. The minimum atomic E-state index is 1.25. The third kappa shape index (κ3) is 4.00. The third-order valence-electron chi connectivity index (χ3n) is 6.19. The van der Waals surface area contributed by atoms with Crippen LogP contribution in [0, 0.1) is 0 Å². The van der Waals surface area contributed by atoms with Crippen molar-refractivity contribution in [2.24, 2.45) is 0 Å². The highest BCUT2D eigenvalue weighted by Crippen LogP contribution is 2.27. The molecule has 0 aromatic heterocycles. The molecule has 0 aliphatic heterocycles. The van der Waals surface area contributed by atoms with Crippen molar-refractivity contribution in [3.8, 4) is 0 Å². The van der Waals surface area contributed by atoms with Crippen LogP contribution in [0.1, 0.15) is 36.1 Å². The number of hydrogen-bond donors (Lipinski definition) is 0. The molecule has 0 saturated carbocycles. The number of benzene rings is 5. The van der Waals surface area contributed by atoms with E-state index in [1.807, 2.05) is 0 Å². The van der Waals surface area contributed by atoms with Crippen LogP contribution in [-0.2, 0) is 0 Å². The van der Waals surface area contributed by atoms with Crippen molar-refractivity contribution in [1.29, 1.82) is 0 Å². The van der Waals surface area contributed by atoms with E-state index in [0.29, 0.717) is 0 Å². The summed E-state index contributed by atoms with van der Waals surface area (Å²) in [5, 5.41) is 5.14. The van der Waals surface area contributed by atoms with Crippen molar-refractivity contribution in [2.75, 3.05) is 0 Å². The molecule has 0 bridgehead atoms. The summed E-state index contributed by atoms with van der Waals surface area (Å²) < 4.78 is 0. The van der Waals surface area contributed by atoms with Gasteiger partial charge in [-0.15, -0.1) is 0 Å². The Labute approximate surface area is 190 Å². The van der Waals surface area contributed by atoms with Crippen LogP contribution >= 0.6 is 0 Å². The van der Waals surface area contributed by atoms with Gasteiger partial charge in [-0.3, -0.25) is 0 Å². The number of rotatable bonds is 4. The molecule has 0 heterocycles. The van der Waals surface area contributed by atoms with E-state index in [2.05, 4.69) is 135 Å². The molecular weight excluding hydrogens is 384 g/mol. The third-order valence-corrected chi connectivity index (χ3v) is 6.19. The van der Waals surface area contributed by atoms with Gasteiger partial charge in [0.05, 0.1) is 0 Å². The zero-order valence-electron chi connectivity index (χ0n) is 18.5. The lowest BCUT2D eigenvalue weighted by molar-refractivity contribution is 1.52. The first-order valence-electron chi connectivity index (χ1n) is 11.1. The molecule has 154 valence electrons. The first kappa shape index (κ1) is 20.0. The lowest BCUT2D eigenvalue weighted by atomic mass is 9.97. The highest BCUT2D eigenvalue weighted by molar-refractivity contribution is 5.96. The van der Waals surface area contributed by atoms with E-state index in [4.69, 9.17) is 0 Å². The van der Waals surface area contributed by atoms with Crippen LogP contribution in [0.15, 0.2) is 109 Å². The van der Waals surface area contributed by atoms with Crippen LogP contribution in [0.4, 0.5) is 0 Å². The topological polar surface area (TPSA) is 0 Å². The van der Waals surface area contributed by atoms with E-state index in [9.17, 15) is 0 Å². The standard InChI is InChI=1S/C32H26/c1-23(21-29-13-7-11-27-9-3-5-15-31(27)29)25-17-19-26(20-18-25)24(2)22-30-14-8-12-28-10-4-6-16-32(28)30/h3-22H,1-2H3/b23-21+,24-22+. The van der Waals surface area contributed by atoms with Gasteiger partial charge in [0.2, 0.25) is 0 Å². The minimum Gasteiger partial charge on any atom is -0.0616 e. The Morgan fingerprint density at radius 2 is 0.812 bits per heavy atom. The first-order chi connectivity index (χ1) is 15.7. The van der Waals surface area contributed by atoms with Crippen LogP contribution in [0.2, 0.25) is 0 Å². The maximum atomic E-state index is 2.29. The van der Waals surface area contributed by atoms with Crippen LogP contribution in [-0.4, -0.2) is 0 Å². The van der Waals surface area contributed by atoms with Crippen molar-refractivity contribution in [1.82, 2.24) is 0 Å². The molecule has 0 nitrogen and oxygen atoms in total. The molecule has 0 saturated heterocycles. The molecule has 0 unspecified atom stereocenters. The second-order valence-corrected chi connectivity index (χ2v) is 8.37. The molecule has 0 N–H and O–H groups in total. The molecule has 5 rings (SSSR count). The minimum absolute atomic E-state index is 1.25. The molecule has 5 aromatic carbocycles. The van der Waals surface area contributed by atoms with Crippen molar-refractivity contribution >= 4 is 44.8 Å². The fourth-order valence-electron chi connectivity index (χ4n) is 4.38. The lowest BCUT2D eigenvalue weighted by Gasteiger charge is -2.08. The number of allylic oxidation sites excluding steroid dienone is 2.